The molecule has 2 aromatic carbocycles. The van der Waals surface area contributed by atoms with E-state index in [0.29, 0.717) is 12.3 Å². The quantitative estimate of drug-likeness (QED) is 0.349. The summed E-state index contributed by atoms with van der Waals surface area (Å²) in [6, 6.07) is 9.22. The zero-order chi connectivity index (χ0) is 20.8. The molecule has 6 nitrogen and oxygen atoms in total. The largest absolute Gasteiger partial charge is 0.450 e. The minimum Gasteiger partial charge on any atom is -0.450 e. The number of hydrogen-bond acceptors (Lipinski definition) is 4. The van der Waals surface area contributed by atoms with Crippen molar-refractivity contribution >= 4 is 11.4 Å². The first-order valence-corrected chi connectivity index (χ1v) is 8.02. The fraction of sp³-hybridized carbons (Fsp3) is 0.211. The van der Waals surface area contributed by atoms with E-state index in [-0.39, 0.29) is 11.4 Å². The van der Waals surface area contributed by atoms with E-state index in [1.54, 1.807) is 24.3 Å². The molecule has 0 saturated carbocycles. The third kappa shape index (κ3) is 4.86. The molecule has 0 unspecified atom stereocenters. The Labute approximate surface area is 159 Å². The molecule has 0 amide bonds. The zero-order valence-corrected chi connectivity index (χ0v) is 15.1. The molecule has 0 radical (unpaired) electrons. The monoisotopic (exact) mass is 391 g/mol. The lowest BCUT2D eigenvalue weighted by Gasteiger charge is -2.16. The summed E-state index contributed by atoms with van der Waals surface area (Å²) < 4.78 is 44.2. The minimum absolute atomic E-state index is 0.259. The molecular weight excluding hydrogens is 375 g/mol. The van der Waals surface area contributed by atoms with Crippen LogP contribution in [0.3, 0.4) is 0 Å². The number of benzene rings is 2. The number of allylic oxidation sites excluding steroid dienone is 1. The highest BCUT2D eigenvalue weighted by Crippen LogP contribution is 2.41. The Morgan fingerprint density at radius 1 is 1.18 bits per heavy atom. The number of hydrogen-bond donors (Lipinski definition) is 0. The van der Waals surface area contributed by atoms with E-state index in [2.05, 4.69) is 4.85 Å². The number of halogens is 3. The van der Waals surface area contributed by atoms with Crippen LogP contribution in [0.2, 0.25) is 0 Å². The molecule has 0 bridgehead atoms. The van der Waals surface area contributed by atoms with E-state index in [9.17, 15) is 23.3 Å². The molecule has 0 atom stereocenters. The molecule has 0 aliphatic heterocycles. The van der Waals surface area contributed by atoms with E-state index in [1.807, 2.05) is 19.0 Å². The van der Waals surface area contributed by atoms with Crippen molar-refractivity contribution in [3.05, 3.63) is 81.0 Å². The van der Waals surface area contributed by atoms with Gasteiger partial charge >= 0.3 is 11.8 Å². The number of para-hydroxylation sites is 1. The lowest BCUT2D eigenvalue weighted by molar-refractivity contribution is -0.386. The molecule has 9 heteroatoms. The molecule has 2 rings (SSSR count). The second kappa shape index (κ2) is 9.01. The normalized spacial score (nSPS) is 10.5. The summed E-state index contributed by atoms with van der Waals surface area (Å²) in [4.78, 5) is 15.7. The molecular formula is C19H16F3N3O3. The highest BCUT2D eigenvalue weighted by Gasteiger charge is 2.27. The maximum atomic E-state index is 13.5. The Kier molecular flexibility index (Phi) is 6.74. The summed E-state index contributed by atoms with van der Waals surface area (Å²) in [7, 11) is 3.67. The predicted molar refractivity (Wildman–Crippen MR) is 97.3 cm³/mol. The van der Waals surface area contributed by atoms with Gasteiger partial charge in [0.1, 0.15) is 5.75 Å². The van der Waals surface area contributed by atoms with Crippen LogP contribution in [0.5, 0.6) is 11.5 Å². The van der Waals surface area contributed by atoms with Crippen LogP contribution in [0, 0.1) is 16.7 Å². The topological polar surface area (TPSA) is 60.0 Å². The standard InChI is InChI=1S/C19H16F3N3O3/c1-23-15-8-9-17(18(25(26)27)13(15)10-14(20)19(21)22)28-16-7-5-4-6-12(16)11-24(2)3/h4-9H,10-11H2,2-3H3. The van der Waals surface area contributed by atoms with Crippen LogP contribution >= 0.6 is 0 Å². The van der Waals surface area contributed by atoms with Gasteiger partial charge in [-0.3, -0.25) is 10.1 Å². The molecule has 2 aromatic rings. The predicted octanol–water partition coefficient (Wildman–Crippen LogP) is 5.62. The number of nitrogens with zero attached hydrogens (tertiary/aromatic N) is 3. The fourth-order valence-electron chi connectivity index (χ4n) is 2.58. The maximum Gasteiger partial charge on any atom is 0.305 e. The second-order valence-corrected chi connectivity index (χ2v) is 6.07. The van der Waals surface area contributed by atoms with Crippen LogP contribution in [0.25, 0.3) is 4.85 Å². The van der Waals surface area contributed by atoms with Crippen molar-refractivity contribution in [3.63, 3.8) is 0 Å². The first-order chi connectivity index (χ1) is 13.2. The molecule has 0 spiro atoms. The third-order valence-corrected chi connectivity index (χ3v) is 3.74. The molecule has 0 saturated heterocycles. The van der Waals surface area contributed by atoms with Gasteiger partial charge in [0, 0.05) is 24.1 Å². The molecule has 0 heterocycles. The van der Waals surface area contributed by atoms with E-state index >= 15 is 0 Å². The van der Waals surface area contributed by atoms with Gasteiger partial charge in [0.2, 0.25) is 5.75 Å². The van der Waals surface area contributed by atoms with Crippen molar-refractivity contribution in [1.82, 2.24) is 4.90 Å². The Morgan fingerprint density at radius 2 is 1.86 bits per heavy atom. The van der Waals surface area contributed by atoms with Crippen LogP contribution in [0.4, 0.5) is 24.5 Å². The van der Waals surface area contributed by atoms with Gasteiger partial charge in [-0.15, -0.1) is 0 Å². The molecule has 0 aliphatic rings. The number of rotatable bonds is 7. The van der Waals surface area contributed by atoms with Crippen LogP contribution in [-0.2, 0) is 13.0 Å². The summed E-state index contributed by atoms with van der Waals surface area (Å²) in [6.45, 7) is 7.59. The molecule has 28 heavy (non-hydrogen) atoms. The van der Waals surface area contributed by atoms with Crippen molar-refractivity contribution in [3.8, 4) is 11.5 Å². The van der Waals surface area contributed by atoms with Gasteiger partial charge in [-0.2, -0.15) is 8.78 Å². The summed E-state index contributed by atoms with van der Waals surface area (Å²) >= 11 is 0. The number of nitro groups is 1. The van der Waals surface area contributed by atoms with Crippen molar-refractivity contribution < 1.29 is 22.8 Å². The lowest BCUT2D eigenvalue weighted by Crippen LogP contribution is -2.11. The third-order valence-electron chi connectivity index (χ3n) is 3.74. The van der Waals surface area contributed by atoms with Crippen LogP contribution in [-0.4, -0.2) is 23.9 Å². The average molecular weight is 391 g/mol. The van der Waals surface area contributed by atoms with E-state index in [0.717, 1.165) is 5.56 Å². The summed E-state index contributed by atoms with van der Waals surface area (Å²) in [5.74, 6) is -1.77. The van der Waals surface area contributed by atoms with Gasteiger partial charge < -0.3 is 9.64 Å². The van der Waals surface area contributed by atoms with Crippen molar-refractivity contribution in [2.24, 2.45) is 0 Å². The maximum absolute atomic E-state index is 13.5. The Morgan fingerprint density at radius 3 is 2.43 bits per heavy atom. The lowest BCUT2D eigenvalue weighted by atomic mass is 10.1. The average Bonchev–Trinajstić information content (AvgIpc) is 2.62. The zero-order valence-electron chi connectivity index (χ0n) is 15.1. The molecule has 0 N–H and O–H groups in total. The number of nitro benzene ring substituents is 1. The van der Waals surface area contributed by atoms with Gasteiger partial charge in [-0.05, 0) is 26.2 Å². The summed E-state index contributed by atoms with van der Waals surface area (Å²) in [5.41, 5.74) is -0.743. The second-order valence-electron chi connectivity index (χ2n) is 6.07. The van der Waals surface area contributed by atoms with Crippen molar-refractivity contribution in [2.75, 3.05) is 14.1 Å². The molecule has 0 aromatic heterocycles. The van der Waals surface area contributed by atoms with Crippen LogP contribution in [0.15, 0.2) is 48.3 Å². The number of ether oxygens (including phenoxy) is 1. The summed E-state index contributed by atoms with van der Waals surface area (Å²) in [6.07, 6.45) is -3.67. The van der Waals surface area contributed by atoms with Gasteiger partial charge in [-0.1, -0.05) is 24.3 Å². The Bertz CT molecular complexity index is 965. The minimum atomic E-state index is -2.59. The van der Waals surface area contributed by atoms with Crippen molar-refractivity contribution in [2.45, 2.75) is 13.0 Å². The SMILES string of the molecule is [C-]#[N+]c1ccc(Oc2ccccc2CN(C)C)c([N+](=O)[O-])c1CC(F)=C(F)F. The van der Waals surface area contributed by atoms with Crippen LogP contribution in [0.1, 0.15) is 11.1 Å². The highest BCUT2D eigenvalue weighted by molar-refractivity contribution is 5.68. The van der Waals surface area contributed by atoms with E-state index in [4.69, 9.17) is 11.3 Å². The smallest absolute Gasteiger partial charge is 0.305 e. The Balaban J connectivity index is 2.59. The first-order valence-electron chi connectivity index (χ1n) is 8.02. The van der Waals surface area contributed by atoms with Gasteiger partial charge in [-0.25, -0.2) is 9.24 Å². The van der Waals surface area contributed by atoms with E-state index in [1.165, 1.54) is 12.1 Å². The highest BCUT2D eigenvalue weighted by atomic mass is 19.3. The summed E-state index contributed by atoms with van der Waals surface area (Å²) in [5, 5.41) is 11.6. The van der Waals surface area contributed by atoms with Gasteiger partial charge in [0.05, 0.1) is 11.5 Å². The van der Waals surface area contributed by atoms with Crippen LogP contribution < -0.4 is 4.74 Å². The van der Waals surface area contributed by atoms with Crippen molar-refractivity contribution in [1.29, 1.82) is 0 Å². The fourth-order valence-corrected chi connectivity index (χ4v) is 2.58. The molecule has 146 valence electrons. The Hall–Kier alpha value is -3.38. The van der Waals surface area contributed by atoms with Gasteiger partial charge in [0.15, 0.2) is 11.5 Å². The molecule has 0 fully saturated rings. The van der Waals surface area contributed by atoms with E-state index < -0.39 is 34.5 Å². The van der Waals surface area contributed by atoms with Gasteiger partial charge in [0.25, 0.3) is 0 Å². The first kappa shape index (κ1) is 20.9. The molecule has 0 aliphatic carbocycles.